The number of hydrogen-bond donors (Lipinski definition) is 3. The highest BCUT2D eigenvalue weighted by Gasteiger charge is 2.19. The number of halogens is 1. The Morgan fingerprint density at radius 1 is 1.36 bits per heavy atom. The van der Waals surface area contributed by atoms with Crippen molar-refractivity contribution in [2.75, 3.05) is 18.6 Å². The summed E-state index contributed by atoms with van der Waals surface area (Å²) in [6.45, 7) is 0.427. The molecule has 2 aromatic rings. The van der Waals surface area contributed by atoms with Crippen LogP contribution < -0.4 is 10.0 Å². The molecule has 1 heterocycles. The quantitative estimate of drug-likeness (QED) is 0.429. The van der Waals surface area contributed by atoms with Gasteiger partial charge in [0.15, 0.2) is 5.16 Å². The molecule has 1 aromatic carbocycles. The molecule has 0 fully saturated rings. The lowest BCUT2D eigenvalue weighted by Gasteiger charge is -2.18. The molecule has 25 heavy (non-hydrogen) atoms. The van der Waals surface area contributed by atoms with Crippen LogP contribution in [0.4, 0.5) is 0 Å². The molecule has 0 saturated heterocycles. The SMILES string of the molecule is CS(=O)(=O)N[C@@H](CC(=O)NCCSc1ncn[nH]1)c1ccc(Cl)cc1. The monoisotopic (exact) mass is 403 g/mol. The van der Waals surface area contributed by atoms with Crippen LogP contribution in [0.25, 0.3) is 0 Å². The molecule has 11 heteroatoms. The van der Waals surface area contributed by atoms with E-state index in [0.29, 0.717) is 28.0 Å². The van der Waals surface area contributed by atoms with Crippen LogP contribution in [0.3, 0.4) is 0 Å². The summed E-state index contributed by atoms with van der Waals surface area (Å²) in [5.74, 6) is 0.362. The number of amides is 1. The van der Waals surface area contributed by atoms with Gasteiger partial charge in [-0.05, 0) is 17.7 Å². The summed E-state index contributed by atoms with van der Waals surface area (Å²) >= 11 is 7.28. The first-order valence-electron chi connectivity index (χ1n) is 7.31. The van der Waals surface area contributed by atoms with Crippen molar-refractivity contribution in [1.29, 1.82) is 0 Å². The molecule has 0 unspecified atom stereocenters. The number of sulfonamides is 1. The number of nitrogens with one attached hydrogen (secondary N) is 3. The molecule has 0 bridgehead atoms. The van der Waals surface area contributed by atoms with Gasteiger partial charge in [0.1, 0.15) is 6.33 Å². The van der Waals surface area contributed by atoms with Crippen LogP contribution in [0, 0.1) is 0 Å². The van der Waals surface area contributed by atoms with Crippen LogP contribution in [0.5, 0.6) is 0 Å². The van der Waals surface area contributed by atoms with Gasteiger partial charge >= 0.3 is 0 Å². The topological polar surface area (TPSA) is 117 Å². The Morgan fingerprint density at radius 3 is 2.68 bits per heavy atom. The Hall–Kier alpha value is -1.62. The van der Waals surface area contributed by atoms with Crippen molar-refractivity contribution in [3.8, 4) is 0 Å². The maximum Gasteiger partial charge on any atom is 0.221 e. The van der Waals surface area contributed by atoms with Crippen LogP contribution in [0.2, 0.25) is 5.02 Å². The molecule has 8 nitrogen and oxygen atoms in total. The van der Waals surface area contributed by atoms with Crippen molar-refractivity contribution in [3.63, 3.8) is 0 Å². The fourth-order valence-electron chi connectivity index (χ4n) is 2.04. The summed E-state index contributed by atoms with van der Waals surface area (Å²) in [6.07, 6.45) is 2.46. The smallest absolute Gasteiger partial charge is 0.221 e. The van der Waals surface area contributed by atoms with Crippen molar-refractivity contribution in [2.24, 2.45) is 0 Å². The highest BCUT2D eigenvalue weighted by atomic mass is 35.5. The van der Waals surface area contributed by atoms with Gasteiger partial charge in [0.25, 0.3) is 0 Å². The van der Waals surface area contributed by atoms with E-state index in [-0.39, 0.29) is 12.3 Å². The fourth-order valence-corrected chi connectivity index (χ4v) is 3.54. The second kappa shape index (κ2) is 9.18. The van der Waals surface area contributed by atoms with E-state index in [1.807, 2.05) is 0 Å². The molecule has 2 rings (SSSR count). The van der Waals surface area contributed by atoms with E-state index in [9.17, 15) is 13.2 Å². The standard InChI is InChI=1S/C14H18ClN5O3S2/c1-25(22,23)20-12(10-2-4-11(15)5-3-10)8-13(21)16-6-7-24-14-17-9-18-19-14/h2-5,9,12,20H,6-8H2,1H3,(H,16,21)(H,17,18,19)/t12-/m0/s1. The number of benzene rings is 1. The number of carbonyl (C=O) groups is 1. The average Bonchev–Trinajstić information content (AvgIpc) is 3.04. The number of aromatic amines is 1. The summed E-state index contributed by atoms with van der Waals surface area (Å²) in [7, 11) is -3.47. The number of hydrogen-bond acceptors (Lipinski definition) is 6. The zero-order chi connectivity index (χ0) is 18.3. The zero-order valence-corrected chi connectivity index (χ0v) is 15.8. The Labute approximate surface area is 155 Å². The number of carbonyl (C=O) groups excluding carboxylic acids is 1. The van der Waals surface area contributed by atoms with Crippen molar-refractivity contribution < 1.29 is 13.2 Å². The Bertz CT molecular complexity index is 781. The van der Waals surface area contributed by atoms with Gasteiger partial charge in [0.05, 0.1) is 12.3 Å². The Balaban J connectivity index is 1.88. The van der Waals surface area contributed by atoms with Crippen LogP contribution in [-0.2, 0) is 14.8 Å². The highest BCUT2D eigenvalue weighted by Crippen LogP contribution is 2.20. The predicted molar refractivity (Wildman–Crippen MR) is 96.9 cm³/mol. The largest absolute Gasteiger partial charge is 0.355 e. The Morgan fingerprint density at radius 2 is 2.08 bits per heavy atom. The molecular formula is C14H18ClN5O3S2. The molecular weight excluding hydrogens is 386 g/mol. The van der Waals surface area contributed by atoms with Gasteiger partial charge in [-0.25, -0.2) is 18.1 Å². The minimum atomic E-state index is -3.47. The van der Waals surface area contributed by atoms with Crippen LogP contribution in [0.15, 0.2) is 35.7 Å². The normalized spacial score (nSPS) is 12.7. The minimum Gasteiger partial charge on any atom is -0.355 e. The van der Waals surface area contributed by atoms with Crippen LogP contribution in [0.1, 0.15) is 18.0 Å². The molecule has 0 aliphatic carbocycles. The van der Waals surface area contributed by atoms with Crippen molar-refractivity contribution in [1.82, 2.24) is 25.2 Å². The lowest BCUT2D eigenvalue weighted by molar-refractivity contribution is -0.121. The molecule has 0 spiro atoms. The average molecular weight is 404 g/mol. The van der Waals surface area contributed by atoms with E-state index in [0.717, 1.165) is 6.26 Å². The molecule has 1 atom stereocenters. The molecule has 0 aliphatic rings. The molecule has 0 radical (unpaired) electrons. The number of nitrogens with zero attached hydrogens (tertiary/aromatic N) is 2. The summed E-state index contributed by atoms with van der Waals surface area (Å²) in [6, 6.07) is 6.03. The van der Waals surface area contributed by atoms with E-state index in [2.05, 4.69) is 25.2 Å². The van der Waals surface area contributed by atoms with Crippen LogP contribution >= 0.6 is 23.4 Å². The number of rotatable bonds is 9. The van der Waals surface area contributed by atoms with Crippen molar-refractivity contribution >= 4 is 39.3 Å². The molecule has 0 saturated carbocycles. The van der Waals surface area contributed by atoms with Crippen molar-refractivity contribution in [2.45, 2.75) is 17.6 Å². The first-order valence-corrected chi connectivity index (χ1v) is 10.6. The third-order valence-corrected chi connectivity index (χ3v) is 4.92. The molecule has 3 N–H and O–H groups in total. The van der Waals surface area contributed by atoms with Gasteiger partial charge in [-0.15, -0.1) is 0 Å². The van der Waals surface area contributed by atoms with E-state index in [1.165, 1.54) is 18.1 Å². The first-order chi connectivity index (χ1) is 11.8. The summed E-state index contributed by atoms with van der Waals surface area (Å²) < 4.78 is 25.6. The lowest BCUT2D eigenvalue weighted by atomic mass is 10.0. The Kier molecular flexibility index (Phi) is 7.24. The molecule has 136 valence electrons. The zero-order valence-electron chi connectivity index (χ0n) is 13.4. The molecule has 0 aliphatic heterocycles. The van der Waals surface area contributed by atoms with Gasteiger partial charge < -0.3 is 5.32 Å². The number of aromatic nitrogens is 3. The maximum absolute atomic E-state index is 12.1. The summed E-state index contributed by atoms with van der Waals surface area (Å²) in [5, 5.41) is 10.4. The van der Waals surface area contributed by atoms with Gasteiger partial charge in [0, 0.05) is 23.7 Å². The van der Waals surface area contributed by atoms with Gasteiger partial charge in [-0.3, -0.25) is 9.89 Å². The van der Waals surface area contributed by atoms with E-state index in [1.54, 1.807) is 24.3 Å². The molecule has 1 aromatic heterocycles. The minimum absolute atomic E-state index is 0.0122. The summed E-state index contributed by atoms with van der Waals surface area (Å²) in [5.41, 5.74) is 0.668. The number of thioether (sulfide) groups is 1. The molecule has 1 amide bonds. The van der Waals surface area contributed by atoms with Gasteiger partial charge in [-0.2, -0.15) is 5.10 Å². The van der Waals surface area contributed by atoms with Crippen molar-refractivity contribution in [3.05, 3.63) is 41.2 Å². The lowest BCUT2D eigenvalue weighted by Crippen LogP contribution is -2.34. The summed E-state index contributed by atoms with van der Waals surface area (Å²) in [4.78, 5) is 16.1. The first kappa shape index (κ1) is 19.7. The van der Waals surface area contributed by atoms with Crippen LogP contribution in [-0.4, -0.2) is 48.1 Å². The second-order valence-electron chi connectivity index (χ2n) is 5.19. The third-order valence-electron chi connectivity index (χ3n) is 3.07. The van der Waals surface area contributed by atoms with E-state index in [4.69, 9.17) is 11.6 Å². The number of H-pyrrole nitrogens is 1. The third kappa shape index (κ3) is 7.43. The van der Waals surface area contributed by atoms with E-state index >= 15 is 0 Å². The predicted octanol–water partition coefficient (Wildman–Crippen LogP) is 1.35. The van der Waals surface area contributed by atoms with Gasteiger partial charge in [0.2, 0.25) is 15.9 Å². The fraction of sp³-hybridized carbons (Fsp3) is 0.357. The van der Waals surface area contributed by atoms with Gasteiger partial charge in [-0.1, -0.05) is 35.5 Å². The second-order valence-corrected chi connectivity index (χ2v) is 8.49. The maximum atomic E-state index is 12.1. The highest BCUT2D eigenvalue weighted by molar-refractivity contribution is 7.99. The van der Waals surface area contributed by atoms with E-state index < -0.39 is 16.1 Å².